The molecule has 0 saturated heterocycles. The van der Waals surface area contributed by atoms with Gasteiger partial charge in [-0.1, -0.05) is 32.8 Å². The number of amides is 2. The third kappa shape index (κ3) is 5.46. The highest BCUT2D eigenvalue weighted by Crippen LogP contribution is 2.34. The van der Waals surface area contributed by atoms with Gasteiger partial charge in [0.2, 0.25) is 5.91 Å². The summed E-state index contributed by atoms with van der Waals surface area (Å²) >= 11 is 0. The van der Waals surface area contributed by atoms with E-state index in [1.165, 1.54) is 18.9 Å². The molecule has 2 amide bonds. The van der Waals surface area contributed by atoms with Crippen LogP contribution >= 0.6 is 0 Å². The van der Waals surface area contributed by atoms with E-state index in [1.54, 1.807) is 24.3 Å². The number of aromatic nitrogens is 1. The standard InChI is InChI=1S/C26H31FN4O2/c1-3-16(2)25(28)22-5-4-6-23(29-22)30-26(33)20-13-19-15-31(12-11-18(19)14-21(20)27)24(32)10-9-17-7-8-17/h4-6,13-14,16-17,28H,3,7-12,15H2,1-2H3,(H,29,30,33). The Balaban J connectivity index is 1.47. The van der Waals surface area contributed by atoms with E-state index >= 15 is 0 Å². The first-order chi connectivity index (χ1) is 15.9. The van der Waals surface area contributed by atoms with Gasteiger partial charge in [-0.15, -0.1) is 0 Å². The molecule has 1 aromatic heterocycles. The number of hydrogen-bond donors (Lipinski definition) is 2. The van der Waals surface area contributed by atoms with Crippen LogP contribution in [0, 0.1) is 23.1 Å². The number of carbonyl (C=O) groups excluding carboxylic acids is 2. The molecular formula is C26H31FN4O2. The van der Waals surface area contributed by atoms with Crippen LogP contribution in [0.2, 0.25) is 0 Å². The smallest absolute Gasteiger partial charge is 0.259 e. The van der Waals surface area contributed by atoms with E-state index in [4.69, 9.17) is 5.41 Å². The average Bonchev–Trinajstić information content (AvgIpc) is 3.65. The van der Waals surface area contributed by atoms with Crippen LogP contribution in [-0.2, 0) is 17.8 Å². The molecule has 1 unspecified atom stereocenters. The van der Waals surface area contributed by atoms with Gasteiger partial charge in [0.15, 0.2) is 0 Å². The lowest BCUT2D eigenvalue weighted by Crippen LogP contribution is -2.36. The Labute approximate surface area is 194 Å². The van der Waals surface area contributed by atoms with E-state index in [2.05, 4.69) is 10.3 Å². The molecule has 1 atom stereocenters. The molecule has 7 heteroatoms. The quantitative estimate of drug-likeness (QED) is 0.557. The molecule has 33 heavy (non-hydrogen) atoms. The van der Waals surface area contributed by atoms with Crippen LogP contribution in [0.4, 0.5) is 10.2 Å². The summed E-state index contributed by atoms with van der Waals surface area (Å²) in [5.41, 5.74) is 2.49. The van der Waals surface area contributed by atoms with Gasteiger partial charge in [0, 0.05) is 19.5 Å². The molecule has 0 spiro atoms. The molecule has 174 valence electrons. The molecule has 0 radical (unpaired) electrons. The van der Waals surface area contributed by atoms with Gasteiger partial charge in [-0.05, 0) is 66.5 Å². The molecular weight excluding hydrogens is 419 g/mol. The van der Waals surface area contributed by atoms with E-state index in [-0.39, 0.29) is 23.2 Å². The first-order valence-corrected chi connectivity index (χ1v) is 11.8. The van der Waals surface area contributed by atoms with Gasteiger partial charge in [0.1, 0.15) is 11.6 Å². The van der Waals surface area contributed by atoms with Gasteiger partial charge >= 0.3 is 0 Å². The summed E-state index contributed by atoms with van der Waals surface area (Å²) in [6, 6.07) is 8.06. The zero-order valence-corrected chi connectivity index (χ0v) is 19.3. The van der Waals surface area contributed by atoms with Crippen molar-refractivity contribution in [2.45, 2.75) is 58.9 Å². The van der Waals surface area contributed by atoms with Crippen LogP contribution < -0.4 is 5.32 Å². The molecule has 4 rings (SSSR count). The highest BCUT2D eigenvalue weighted by molar-refractivity contribution is 6.05. The number of benzene rings is 1. The maximum Gasteiger partial charge on any atom is 0.259 e. The van der Waals surface area contributed by atoms with E-state index in [9.17, 15) is 14.0 Å². The Morgan fingerprint density at radius 3 is 2.79 bits per heavy atom. The third-order valence-corrected chi connectivity index (χ3v) is 6.73. The van der Waals surface area contributed by atoms with E-state index < -0.39 is 11.7 Å². The maximum absolute atomic E-state index is 14.8. The summed E-state index contributed by atoms with van der Waals surface area (Å²) in [6.07, 6.45) is 5.36. The van der Waals surface area contributed by atoms with Crippen LogP contribution in [0.25, 0.3) is 0 Å². The summed E-state index contributed by atoms with van der Waals surface area (Å²) in [5.74, 6) is -0.00408. The Morgan fingerprint density at radius 1 is 1.27 bits per heavy atom. The summed E-state index contributed by atoms with van der Waals surface area (Å²) in [6.45, 7) is 4.95. The van der Waals surface area contributed by atoms with Crippen LogP contribution in [-0.4, -0.2) is 34.0 Å². The Kier molecular flexibility index (Phi) is 6.86. The minimum absolute atomic E-state index is 0.0523. The molecule has 2 aromatic rings. The number of pyridine rings is 1. The van der Waals surface area contributed by atoms with Gasteiger partial charge in [-0.3, -0.25) is 9.59 Å². The van der Waals surface area contributed by atoms with Crippen molar-refractivity contribution in [3.63, 3.8) is 0 Å². The second kappa shape index (κ2) is 9.81. The second-order valence-electron chi connectivity index (χ2n) is 9.23. The van der Waals surface area contributed by atoms with Crippen LogP contribution in [0.3, 0.4) is 0 Å². The lowest BCUT2D eigenvalue weighted by atomic mass is 9.96. The second-order valence-corrected chi connectivity index (χ2v) is 9.23. The van der Waals surface area contributed by atoms with Crippen molar-refractivity contribution < 1.29 is 14.0 Å². The lowest BCUT2D eigenvalue weighted by Gasteiger charge is -2.29. The van der Waals surface area contributed by atoms with Crippen molar-refractivity contribution in [3.8, 4) is 0 Å². The maximum atomic E-state index is 14.8. The molecule has 6 nitrogen and oxygen atoms in total. The van der Waals surface area contributed by atoms with E-state index in [0.29, 0.717) is 43.3 Å². The van der Waals surface area contributed by atoms with Crippen molar-refractivity contribution >= 4 is 23.3 Å². The topological polar surface area (TPSA) is 86.2 Å². The normalized spacial score (nSPS) is 16.2. The van der Waals surface area contributed by atoms with Crippen LogP contribution in [0.5, 0.6) is 0 Å². The number of halogens is 1. The fourth-order valence-corrected chi connectivity index (χ4v) is 4.15. The summed E-state index contributed by atoms with van der Waals surface area (Å²) in [7, 11) is 0. The highest BCUT2D eigenvalue weighted by atomic mass is 19.1. The van der Waals surface area contributed by atoms with Gasteiger partial charge in [-0.2, -0.15) is 0 Å². The van der Waals surface area contributed by atoms with Crippen LogP contribution in [0.1, 0.15) is 73.1 Å². The summed E-state index contributed by atoms with van der Waals surface area (Å²) < 4.78 is 14.8. The fourth-order valence-electron chi connectivity index (χ4n) is 4.15. The lowest BCUT2D eigenvalue weighted by molar-refractivity contribution is -0.132. The Morgan fingerprint density at radius 2 is 2.06 bits per heavy atom. The minimum Gasteiger partial charge on any atom is -0.338 e. The largest absolute Gasteiger partial charge is 0.338 e. The minimum atomic E-state index is -0.591. The predicted molar refractivity (Wildman–Crippen MR) is 126 cm³/mol. The molecule has 1 aliphatic carbocycles. The van der Waals surface area contributed by atoms with Gasteiger partial charge in [-0.25, -0.2) is 9.37 Å². The summed E-state index contributed by atoms with van der Waals surface area (Å²) in [5, 5.41) is 10.9. The zero-order valence-electron chi connectivity index (χ0n) is 19.3. The molecule has 1 fully saturated rings. The van der Waals surface area contributed by atoms with Crippen molar-refractivity contribution in [1.29, 1.82) is 5.41 Å². The van der Waals surface area contributed by atoms with Gasteiger partial charge in [0.25, 0.3) is 5.91 Å². The number of anilines is 1. The first-order valence-electron chi connectivity index (χ1n) is 11.8. The van der Waals surface area contributed by atoms with Crippen molar-refractivity contribution in [2.24, 2.45) is 11.8 Å². The zero-order chi connectivity index (χ0) is 23.5. The predicted octanol–water partition coefficient (Wildman–Crippen LogP) is 4.96. The van der Waals surface area contributed by atoms with Crippen molar-refractivity contribution in [2.75, 3.05) is 11.9 Å². The molecule has 0 bridgehead atoms. The molecule has 1 aromatic carbocycles. The van der Waals surface area contributed by atoms with E-state index in [0.717, 1.165) is 24.0 Å². The van der Waals surface area contributed by atoms with Crippen LogP contribution in [0.15, 0.2) is 30.3 Å². The number of nitrogens with zero attached hydrogens (tertiary/aromatic N) is 2. The number of rotatable bonds is 8. The summed E-state index contributed by atoms with van der Waals surface area (Å²) in [4.78, 5) is 31.6. The van der Waals surface area contributed by atoms with Gasteiger partial charge in [0.05, 0.1) is 17.0 Å². The third-order valence-electron chi connectivity index (χ3n) is 6.73. The average molecular weight is 451 g/mol. The number of hydrogen-bond acceptors (Lipinski definition) is 4. The molecule has 2 heterocycles. The van der Waals surface area contributed by atoms with Gasteiger partial charge < -0.3 is 15.6 Å². The fraction of sp³-hybridized carbons (Fsp3) is 0.462. The first kappa shape index (κ1) is 23.1. The molecule has 2 aliphatic rings. The number of carbonyl (C=O) groups is 2. The van der Waals surface area contributed by atoms with Crippen molar-refractivity contribution in [1.82, 2.24) is 9.88 Å². The van der Waals surface area contributed by atoms with E-state index in [1.807, 2.05) is 18.7 Å². The monoisotopic (exact) mass is 450 g/mol. The van der Waals surface area contributed by atoms with Crippen molar-refractivity contribution in [3.05, 3.63) is 58.5 Å². The molecule has 1 saturated carbocycles. The number of fused-ring (bicyclic) bond motifs is 1. The highest BCUT2D eigenvalue weighted by Gasteiger charge is 2.27. The molecule has 2 N–H and O–H groups in total. The number of nitrogens with one attached hydrogen (secondary N) is 2. The SMILES string of the molecule is CCC(C)C(=N)c1cccc(NC(=O)c2cc3c(cc2F)CCN(C(=O)CCC2CC2)C3)n1. The molecule has 1 aliphatic heterocycles. The Bertz CT molecular complexity index is 1080. The Hall–Kier alpha value is -3.09.